The summed E-state index contributed by atoms with van der Waals surface area (Å²) in [6.07, 6.45) is 4.47. The minimum Gasteiger partial charge on any atom is -0.456 e. The van der Waals surface area contributed by atoms with Gasteiger partial charge < -0.3 is 20.0 Å². The van der Waals surface area contributed by atoms with Gasteiger partial charge in [-0.25, -0.2) is 0 Å². The number of benzene rings is 1. The maximum Gasteiger partial charge on any atom is 0.287 e. The minimum absolute atomic E-state index is 0.212. The molecular weight excluding hydrogens is 354 g/mol. The van der Waals surface area contributed by atoms with Crippen molar-refractivity contribution in [1.82, 2.24) is 5.32 Å². The molecule has 6 heteroatoms. The molecular formula is C22H29N3O3. The number of hydrogen-bond acceptors (Lipinski definition) is 4. The summed E-state index contributed by atoms with van der Waals surface area (Å²) in [5.41, 5.74) is 1.87. The van der Waals surface area contributed by atoms with Crippen molar-refractivity contribution in [1.29, 1.82) is 0 Å². The predicted molar refractivity (Wildman–Crippen MR) is 111 cm³/mol. The quantitative estimate of drug-likeness (QED) is 0.723. The standard InChI is InChI=1S/C22H29N3O3/c1-3-8-19(24-22(27)20-12-11-18(4-2)28-20)21(26)23-16-9-7-10-17(15-16)25-13-5-6-14-25/h7,9-12,15,19H,3-6,8,13-14H2,1-2H3,(H,23,26)(H,24,27). The lowest BCUT2D eigenvalue weighted by Gasteiger charge is -2.20. The number of carbonyl (C=O) groups is 2. The molecule has 1 aliphatic heterocycles. The van der Waals surface area contributed by atoms with E-state index in [4.69, 9.17) is 4.42 Å². The molecule has 1 fully saturated rings. The van der Waals surface area contributed by atoms with Crippen LogP contribution in [0.3, 0.4) is 0 Å². The molecule has 0 bridgehead atoms. The van der Waals surface area contributed by atoms with E-state index in [1.807, 2.05) is 32.0 Å². The van der Waals surface area contributed by atoms with E-state index in [0.29, 0.717) is 6.42 Å². The lowest BCUT2D eigenvalue weighted by molar-refractivity contribution is -0.118. The fourth-order valence-electron chi connectivity index (χ4n) is 3.46. The smallest absolute Gasteiger partial charge is 0.287 e. The van der Waals surface area contributed by atoms with Crippen molar-refractivity contribution in [2.24, 2.45) is 0 Å². The highest BCUT2D eigenvalue weighted by Gasteiger charge is 2.22. The van der Waals surface area contributed by atoms with Gasteiger partial charge in [0.05, 0.1) is 0 Å². The molecule has 1 saturated heterocycles. The largest absolute Gasteiger partial charge is 0.456 e. The molecule has 0 saturated carbocycles. The molecule has 0 radical (unpaired) electrons. The van der Waals surface area contributed by atoms with Gasteiger partial charge in [0.25, 0.3) is 5.91 Å². The Bertz CT molecular complexity index is 809. The Hall–Kier alpha value is -2.76. The van der Waals surface area contributed by atoms with Crippen LogP contribution in [0.1, 0.15) is 55.8 Å². The van der Waals surface area contributed by atoms with Gasteiger partial charge in [0.15, 0.2) is 5.76 Å². The summed E-state index contributed by atoms with van der Waals surface area (Å²) in [7, 11) is 0. The predicted octanol–water partition coefficient (Wildman–Crippen LogP) is 3.98. The molecule has 0 aliphatic carbocycles. The topological polar surface area (TPSA) is 74.6 Å². The summed E-state index contributed by atoms with van der Waals surface area (Å²) in [6, 6.07) is 10.7. The molecule has 1 unspecified atom stereocenters. The zero-order valence-corrected chi connectivity index (χ0v) is 16.7. The summed E-state index contributed by atoms with van der Waals surface area (Å²) >= 11 is 0. The van der Waals surface area contributed by atoms with Gasteiger partial charge in [-0.2, -0.15) is 0 Å². The van der Waals surface area contributed by atoms with Gasteiger partial charge in [-0.1, -0.05) is 26.3 Å². The van der Waals surface area contributed by atoms with E-state index >= 15 is 0 Å². The zero-order valence-electron chi connectivity index (χ0n) is 16.7. The summed E-state index contributed by atoms with van der Waals surface area (Å²) in [5, 5.41) is 5.76. The Morgan fingerprint density at radius 1 is 1.14 bits per heavy atom. The van der Waals surface area contributed by atoms with Gasteiger partial charge in [-0.3, -0.25) is 9.59 Å². The van der Waals surface area contributed by atoms with Crippen LogP contribution in [-0.4, -0.2) is 30.9 Å². The van der Waals surface area contributed by atoms with Crippen LogP contribution in [0.15, 0.2) is 40.8 Å². The van der Waals surface area contributed by atoms with Crippen molar-refractivity contribution < 1.29 is 14.0 Å². The molecule has 1 atom stereocenters. The summed E-state index contributed by atoms with van der Waals surface area (Å²) in [6.45, 7) is 6.05. The van der Waals surface area contributed by atoms with Gasteiger partial charge in [0, 0.05) is 30.9 Å². The van der Waals surface area contributed by atoms with Crippen LogP contribution < -0.4 is 15.5 Å². The molecule has 2 aromatic rings. The highest BCUT2D eigenvalue weighted by molar-refractivity contribution is 6.00. The fraction of sp³-hybridized carbons (Fsp3) is 0.455. The number of furan rings is 1. The summed E-state index contributed by atoms with van der Waals surface area (Å²) in [5.74, 6) is 0.414. The van der Waals surface area contributed by atoms with Crippen molar-refractivity contribution in [2.75, 3.05) is 23.3 Å². The third-order valence-corrected chi connectivity index (χ3v) is 5.02. The van der Waals surface area contributed by atoms with E-state index in [-0.39, 0.29) is 17.6 Å². The molecule has 0 spiro atoms. The monoisotopic (exact) mass is 383 g/mol. The first-order chi connectivity index (χ1) is 13.6. The highest BCUT2D eigenvalue weighted by atomic mass is 16.3. The van der Waals surface area contributed by atoms with Crippen molar-refractivity contribution in [3.05, 3.63) is 47.9 Å². The Balaban J connectivity index is 1.65. The van der Waals surface area contributed by atoms with E-state index in [9.17, 15) is 9.59 Å². The normalized spacial score (nSPS) is 14.7. The first-order valence-corrected chi connectivity index (χ1v) is 10.2. The molecule has 1 aliphatic rings. The Morgan fingerprint density at radius 3 is 2.61 bits per heavy atom. The molecule has 1 aromatic carbocycles. The molecule has 28 heavy (non-hydrogen) atoms. The molecule has 2 N–H and O–H groups in total. The Kier molecular flexibility index (Phi) is 6.74. The molecule has 1 aromatic heterocycles. The van der Waals surface area contributed by atoms with Crippen molar-refractivity contribution in [3.63, 3.8) is 0 Å². The first-order valence-electron chi connectivity index (χ1n) is 10.2. The van der Waals surface area contributed by atoms with Crippen LogP contribution in [0.25, 0.3) is 0 Å². The van der Waals surface area contributed by atoms with Crippen LogP contribution in [0.4, 0.5) is 11.4 Å². The Morgan fingerprint density at radius 2 is 1.93 bits per heavy atom. The number of amides is 2. The van der Waals surface area contributed by atoms with E-state index in [1.165, 1.54) is 12.8 Å². The van der Waals surface area contributed by atoms with Crippen molar-refractivity contribution in [3.8, 4) is 0 Å². The first kappa shape index (κ1) is 20.0. The van der Waals surface area contributed by atoms with Gasteiger partial charge in [0.1, 0.15) is 11.8 Å². The number of anilines is 2. The number of aryl methyl sites for hydroxylation is 1. The SMILES string of the molecule is CCCC(NC(=O)c1ccc(CC)o1)C(=O)Nc1cccc(N2CCCC2)c1. The van der Waals surface area contributed by atoms with Gasteiger partial charge >= 0.3 is 0 Å². The van der Waals surface area contributed by atoms with Crippen LogP contribution in [0.5, 0.6) is 0 Å². The second-order valence-corrected chi connectivity index (χ2v) is 7.17. The van der Waals surface area contributed by atoms with E-state index in [2.05, 4.69) is 21.6 Å². The molecule has 6 nitrogen and oxygen atoms in total. The second kappa shape index (κ2) is 9.44. The Labute approximate surface area is 166 Å². The number of nitrogens with one attached hydrogen (secondary N) is 2. The highest BCUT2D eigenvalue weighted by Crippen LogP contribution is 2.23. The van der Waals surface area contributed by atoms with Gasteiger partial charge in [-0.15, -0.1) is 0 Å². The zero-order chi connectivity index (χ0) is 19.9. The average Bonchev–Trinajstić information content (AvgIpc) is 3.39. The lowest BCUT2D eigenvalue weighted by atomic mass is 10.1. The van der Waals surface area contributed by atoms with Gasteiger partial charge in [-0.05, 0) is 49.6 Å². The number of nitrogens with zero attached hydrogens (tertiary/aromatic N) is 1. The minimum atomic E-state index is -0.608. The maximum absolute atomic E-state index is 12.8. The van der Waals surface area contributed by atoms with Crippen LogP contribution >= 0.6 is 0 Å². The van der Waals surface area contributed by atoms with E-state index in [0.717, 1.165) is 43.1 Å². The van der Waals surface area contributed by atoms with E-state index < -0.39 is 6.04 Å². The van der Waals surface area contributed by atoms with Crippen LogP contribution in [0, 0.1) is 0 Å². The second-order valence-electron chi connectivity index (χ2n) is 7.17. The number of carbonyl (C=O) groups excluding carboxylic acids is 2. The summed E-state index contributed by atoms with van der Waals surface area (Å²) in [4.78, 5) is 27.6. The molecule has 2 heterocycles. The molecule has 150 valence electrons. The summed E-state index contributed by atoms with van der Waals surface area (Å²) < 4.78 is 5.50. The van der Waals surface area contributed by atoms with Crippen molar-refractivity contribution in [2.45, 2.75) is 52.0 Å². The number of hydrogen-bond donors (Lipinski definition) is 2. The van der Waals surface area contributed by atoms with Crippen LogP contribution in [0.2, 0.25) is 0 Å². The fourth-order valence-corrected chi connectivity index (χ4v) is 3.46. The third kappa shape index (κ3) is 4.94. The van der Waals surface area contributed by atoms with Crippen molar-refractivity contribution >= 4 is 23.2 Å². The lowest BCUT2D eigenvalue weighted by Crippen LogP contribution is -2.43. The maximum atomic E-state index is 12.8. The van der Waals surface area contributed by atoms with Crippen LogP contribution in [-0.2, 0) is 11.2 Å². The van der Waals surface area contributed by atoms with Gasteiger partial charge in [0.2, 0.25) is 5.91 Å². The molecule has 2 amide bonds. The average molecular weight is 383 g/mol. The number of rotatable bonds is 8. The molecule has 3 rings (SSSR count). The third-order valence-electron chi connectivity index (χ3n) is 5.02. The van der Waals surface area contributed by atoms with E-state index in [1.54, 1.807) is 12.1 Å².